The van der Waals surface area contributed by atoms with Gasteiger partial charge in [0.1, 0.15) is 6.04 Å². The molecule has 3 fully saturated rings. The highest BCUT2D eigenvalue weighted by Gasteiger charge is 2.41. The molecule has 2 aliphatic carbocycles. The van der Waals surface area contributed by atoms with Crippen molar-refractivity contribution in [2.45, 2.75) is 56.7 Å². The number of nitrogens with one attached hydrogen (secondary N) is 1. The molecular weight excluding hydrogens is 254 g/mol. The second kappa shape index (κ2) is 5.71. The fourth-order valence-corrected chi connectivity index (χ4v) is 4.28. The Balaban J connectivity index is 1.44. The lowest BCUT2D eigenvalue weighted by molar-refractivity contribution is -0.130. The summed E-state index contributed by atoms with van der Waals surface area (Å²) in [5.74, 6) is 1.33. The van der Waals surface area contributed by atoms with Gasteiger partial charge in [-0.1, -0.05) is 0 Å². The molecule has 1 aliphatic heterocycles. The number of carbonyl (C=O) groups excluding carboxylic acids is 1. The highest BCUT2D eigenvalue weighted by Crippen LogP contribution is 2.44. The van der Waals surface area contributed by atoms with Gasteiger partial charge >= 0.3 is 0 Å². The lowest BCUT2D eigenvalue weighted by atomic mass is 10.0. The predicted octanol–water partition coefficient (Wildman–Crippen LogP) is 0.640. The molecule has 0 aromatic rings. The van der Waals surface area contributed by atoms with Crippen LogP contribution in [0.3, 0.4) is 0 Å². The van der Waals surface area contributed by atoms with Crippen molar-refractivity contribution < 1.29 is 9.90 Å². The Bertz CT molecular complexity index is 406. The van der Waals surface area contributed by atoms with Gasteiger partial charge in [-0.15, -0.1) is 0 Å². The molecule has 0 bridgehead atoms. The van der Waals surface area contributed by atoms with E-state index in [1.807, 2.05) is 0 Å². The minimum Gasteiger partial charge on any atom is -0.393 e. The average Bonchev–Trinajstić information content (AvgIpc) is 3.08. The Morgan fingerprint density at radius 1 is 1.30 bits per heavy atom. The van der Waals surface area contributed by atoms with Gasteiger partial charge < -0.3 is 15.3 Å². The molecule has 3 aliphatic rings. The molecule has 1 saturated heterocycles. The van der Waals surface area contributed by atoms with Crippen LogP contribution >= 0.6 is 0 Å². The zero-order chi connectivity index (χ0) is 14.1. The lowest BCUT2D eigenvalue weighted by Crippen LogP contribution is -2.43. The smallest absolute Gasteiger partial charge is 0.237 e. The fraction of sp³-hybridized carbons (Fsp3) is 0.867. The molecule has 110 valence electrons. The summed E-state index contributed by atoms with van der Waals surface area (Å²) in [6.07, 6.45) is 5.67. The summed E-state index contributed by atoms with van der Waals surface area (Å²) in [6, 6.07) is 2.40. The van der Waals surface area contributed by atoms with Crippen molar-refractivity contribution in [2.75, 3.05) is 13.1 Å². The van der Waals surface area contributed by atoms with Gasteiger partial charge in [-0.05, 0) is 50.4 Å². The van der Waals surface area contributed by atoms with Gasteiger partial charge in [-0.25, -0.2) is 0 Å². The average molecular weight is 277 g/mol. The van der Waals surface area contributed by atoms with Gasteiger partial charge in [0.25, 0.3) is 0 Å². The standard InChI is InChI=1S/C15H23N3O2/c16-8-13-2-1-3-18(13)15(20)9-17-12-4-10-6-14(19)7-11(10)5-12/h10-14,17,19H,1-7,9H2/t10-,11+,12?,13?,14?. The first-order valence-electron chi connectivity index (χ1n) is 7.78. The van der Waals surface area contributed by atoms with Gasteiger partial charge in [0.2, 0.25) is 5.91 Å². The Kier molecular flexibility index (Phi) is 3.95. The van der Waals surface area contributed by atoms with Crippen molar-refractivity contribution in [1.82, 2.24) is 10.2 Å². The van der Waals surface area contributed by atoms with Crippen molar-refractivity contribution in [3.63, 3.8) is 0 Å². The quantitative estimate of drug-likeness (QED) is 0.794. The van der Waals surface area contributed by atoms with Crippen LogP contribution in [0.4, 0.5) is 0 Å². The summed E-state index contributed by atoms with van der Waals surface area (Å²) in [6.45, 7) is 1.08. The van der Waals surface area contributed by atoms with E-state index in [1.54, 1.807) is 4.90 Å². The van der Waals surface area contributed by atoms with Crippen LogP contribution < -0.4 is 5.32 Å². The van der Waals surface area contributed by atoms with Crippen LogP contribution in [0.2, 0.25) is 0 Å². The number of hydrogen-bond acceptors (Lipinski definition) is 4. The molecule has 3 rings (SSSR count). The van der Waals surface area contributed by atoms with E-state index >= 15 is 0 Å². The number of likely N-dealkylation sites (tertiary alicyclic amines) is 1. The van der Waals surface area contributed by atoms with Crippen molar-refractivity contribution in [1.29, 1.82) is 5.26 Å². The SMILES string of the molecule is N#CC1CCCN1C(=O)CNC1C[C@H]2CC(O)C[C@H]2C1. The first-order valence-corrected chi connectivity index (χ1v) is 7.78. The molecule has 3 unspecified atom stereocenters. The number of fused-ring (bicyclic) bond motifs is 1. The first kappa shape index (κ1) is 13.8. The monoisotopic (exact) mass is 277 g/mol. The summed E-state index contributed by atoms with van der Waals surface area (Å²) in [5.41, 5.74) is 0. The summed E-state index contributed by atoms with van der Waals surface area (Å²) < 4.78 is 0. The van der Waals surface area contributed by atoms with Crippen LogP contribution in [0.5, 0.6) is 0 Å². The van der Waals surface area contributed by atoms with Gasteiger partial charge in [0, 0.05) is 12.6 Å². The van der Waals surface area contributed by atoms with Gasteiger partial charge in [-0.3, -0.25) is 4.79 Å². The number of rotatable bonds is 3. The maximum atomic E-state index is 12.1. The van der Waals surface area contributed by atoms with E-state index in [0.29, 0.717) is 24.4 Å². The number of aliphatic hydroxyl groups excluding tert-OH is 1. The minimum absolute atomic E-state index is 0.0612. The van der Waals surface area contributed by atoms with Crippen LogP contribution in [0.1, 0.15) is 38.5 Å². The molecule has 0 radical (unpaired) electrons. The van der Waals surface area contributed by atoms with Gasteiger partial charge in [0.15, 0.2) is 0 Å². The Morgan fingerprint density at radius 2 is 2.00 bits per heavy atom. The summed E-state index contributed by atoms with van der Waals surface area (Å²) >= 11 is 0. The molecule has 0 aromatic heterocycles. The number of hydrogen-bond donors (Lipinski definition) is 2. The molecule has 20 heavy (non-hydrogen) atoms. The van der Waals surface area contributed by atoms with Crippen molar-refractivity contribution in [3.8, 4) is 6.07 Å². The summed E-state index contributed by atoms with van der Waals surface area (Å²) in [5, 5.41) is 22.0. The van der Waals surface area contributed by atoms with Gasteiger partial charge in [-0.2, -0.15) is 5.26 Å². The molecule has 1 heterocycles. The second-order valence-corrected chi connectivity index (χ2v) is 6.57. The van der Waals surface area contributed by atoms with Crippen molar-refractivity contribution >= 4 is 5.91 Å². The highest BCUT2D eigenvalue weighted by molar-refractivity contribution is 5.79. The Labute approximate surface area is 119 Å². The van der Waals surface area contributed by atoms with Crippen molar-refractivity contribution in [3.05, 3.63) is 0 Å². The third-order valence-corrected chi connectivity index (χ3v) is 5.25. The normalized spacial score (nSPS) is 39.8. The number of aliphatic hydroxyl groups is 1. The zero-order valence-corrected chi connectivity index (χ0v) is 11.8. The first-order chi connectivity index (χ1) is 9.67. The van der Waals surface area contributed by atoms with Crippen LogP contribution in [-0.4, -0.2) is 47.2 Å². The number of nitrogens with zero attached hydrogens (tertiary/aromatic N) is 2. The highest BCUT2D eigenvalue weighted by atomic mass is 16.3. The third kappa shape index (κ3) is 2.68. The Hall–Kier alpha value is -1.12. The fourth-order valence-electron chi connectivity index (χ4n) is 4.28. The predicted molar refractivity (Wildman–Crippen MR) is 73.6 cm³/mol. The van der Waals surface area contributed by atoms with E-state index < -0.39 is 0 Å². The maximum absolute atomic E-state index is 12.1. The van der Waals surface area contributed by atoms with Crippen LogP contribution in [0.25, 0.3) is 0 Å². The van der Waals surface area contributed by atoms with E-state index in [-0.39, 0.29) is 18.1 Å². The molecule has 5 atom stereocenters. The lowest BCUT2D eigenvalue weighted by Gasteiger charge is -2.21. The number of carbonyl (C=O) groups is 1. The zero-order valence-electron chi connectivity index (χ0n) is 11.8. The molecule has 0 aromatic carbocycles. The maximum Gasteiger partial charge on any atom is 0.237 e. The van der Waals surface area contributed by atoms with E-state index in [1.165, 1.54) is 0 Å². The van der Waals surface area contributed by atoms with Crippen LogP contribution in [-0.2, 0) is 4.79 Å². The topological polar surface area (TPSA) is 76.4 Å². The largest absolute Gasteiger partial charge is 0.393 e. The van der Waals surface area contributed by atoms with E-state index in [4.69, 9.17) is 5.26 Å². The number of amides is 1. The molecule has 0 spiro atoms. The molecular formula is C15H23N3O2. The van der Waals surface area contributed by atoms with Crippen LogP contribution in [0.15, 0.2) is 0 Å². The number of nitriles is 1. The second-order valence-electron chi connectivity index (χ2n) is 6.57. The third-order valence-electron chi connectivity index (χ3n) is 5.25. The van der Waals surface area contributed by atoms with Gasteiger partial charge in [0.05, 0.1) is 18.7 Å². The molecule has 5 nitrogen and oxygen atoms in total. The molecule has 1 amide bonds. The molecule has 2 N–H and O–H groups in total. The van der Waals surface area contributed by atoms with Crippen molar-refractivity contribution in [2.24, 2.45) is 11.8 Å². The Morgan fingerprint density at radius 3 is 2.65 bits per heavy atom. The van der Waals surface area contributed by atoms with Crippen LogP contribution in [0, 0.1) is 23.2 Å². The van der Waals surface area contributed by atoms with E-state index in [0.717, 1.165) is 45.1 Å². The molecule has 5 heteroatoms. The van der Waals surface area contributed by atoms with E-state index in [2.05, 4.69) is 11.4 Å². The van der Waals surface area contributed by atoms with E-state index in [9.17, 15) is 9.90 Å². The summed E-state index contributed by atoms with van der Waals surface area (Å²) in [7, 11) is 0. The molecule has 2 saturated carbocycles. The summed E-state index contributed by atoms with van der Waals surface area (Å²) in [4.78, 5) is 13.9. The minimum atomic E-state index is -0.220.